The van der Waals surface area contributed by atoms with Crippen LogP contribution in [0.3, 0.4) is 0 Å². The van der Waals surface area contributed by atoms with Crippen LogP contribution in [0.4, 0.5) is 0 Å². The molecule has 0 heteroatoms. The van der Waals surface area contributed by atoms with Crippen molar-refractivity contribution in [3.63, 3.8) is 0 Å². The Morgan fingerprint density at radius 3 is 0.409 bits per heavy atom. The lowest BCUT2D eigenvalue weighted by molar-refractivity contribution is 0.977. The minimum absolute atomic E-state index is 0.309. The summed E-state index contributed by atoms with van der Waals surface area (Å²) < 4.78 is 0. The van der Waals surface area contributed by atoms with E-state index < -0.39 is 0 Å². The van der Waals surface area contributed by atoms with Crippen molar-refractivity contribution in [1.29, 1.82) is 0 Å². The molecular weight excluding hydrogens is 1320 g/mol. The van der Waals surface area contributed by atoms with Gasteiger partial charge >= 0.3 is 0 Å². The van der Waals surface area contributed by atoms with Crippen molar-refractivity contribution in [2.45, 2.75) is 219 Å². The standard InChI is InChI=1S/C19H16.2C13H12.2C12H10.C8H10.C7H8.13C2H6/c1-4-10-16(11-5-1)19(17-12-6-2-7-13-17)18-14-8-3-9-15-18;2*1-3-7-12(8-4-1)11-13-9-5-2-6-10-13;2*1-3-7-11(8-4-1)12-9-5-2-6-10-12;1-2-8-6-4-3-5-7-8;1-7-5-3-2-4-6-7;13*1-2/h1-15,19H;2*1-10H,11H2;2*1-10H;3-7H,2H2,1H3;2-6H,1H3;13*1-2H3. The molecule has 0 heterocycles. The Morgan fingerprint density at radius 1 is 0.155 bits per heavy atom. The highest BCUT2D eigenvalue weighted by Crippen LogP contribution is 2.31. The van der Waals surface area contributed by atoms with Gasteiger partial charge in [0.15, 0.2) is 0 Å². The molecule has 0 radical (unpaired) electrons. The lowest BCUT2D eigenvalue weighted by Crippen LogP contribution is -2.02. The SMILES string of the molecule is CC.CC.CC.CC.CC.CC.CC.CC.CC.CC.CC.CC.CC.CCc1ccccc1.Cc1ccccc1.c1ccc(-c2ccccc2)cc1.c1ccc(-c2ccccc2)cc1.c1ccc(C(c2ccccc2)c2ccccc2)cc1.c1ccc(Cc2ccccc2)cc1.c1ccc(Cc2ccccc2)cc1. The van der Waals surface area contributed by atoms with Gasteiger partial charge in [-0.25, -0.2) is 0 Å². The first kappa shape index (κ1) is 113. The Labute approximate surface area is 681 Å². The van der Waals surface area contributed by atoms with E-state index >= 15 is 0 Å². The van der Waals surface area contributed by atoms with E-state index in [1.807, 2.05) is 229 Å². The number of hydrogen-bond donors (Lipinski definition) is 0. The first-order valence-corrected chi connectivity index (χ1v) is 42.2. The van der Waals surface area contributed by atoms with Crippen LogP contribution in [0.15, 0.2) is 394 Å². The molecule has 0 bridgehead atoms. The quantitative estimate of drug-likeness (QED) is 0.120. The second-order valence-corrected chi connectivity index (χ2v) is 19.9. The fourth-order valence-electron chi connectivity index (χ4n) is 9.14. The molecule has 13 aromatic rings. The van der Waals surface area contributed by atoms with Crippen molar-refractivity contribution in [2.75, 3.05) is 0 Å². The molecule has 0 spiro atoms. The number of rotatable bonds is 10. The van der Waals surface area contributed by atoms with Gasteiger partial charge in [-0.15, -0.1) is 0 Å². The van der Waals surface area contributed by atoms with E-state index in [4.69, 9.17) is 0 Å². The first-order valence-electron chi connectivity index (χ1n) is 42.2. The molecular formula is C110H156. The molecule has 0 N–H and O–H groups in total. The number of hydrogen-bond acceptors (Lipinski definition) is 0. The van der Waals surface area contributed by atoms with Crippen LogP contribution < -0.4 is 0 Å². The third kappa shape index (κ3) is 59.8. The predicted molar refractivity (Wildman–Crippen MR) is 510 cm³/mol. The molecule has 0 aliphatic rings. The topological polar surface area (TPSA) is 0 Å². The molecule has 0 nitrogen and oxygen atoms in total. The van der Waals surface area contributed by atoms with Crippen molar-refractivity contribution < 1.29 is 0 Å². The summed E-state index contributed by atoms with van der Waals surface area (Å²) in [6, 6.07) is 136. The molecule has 110 heavy (non-hydrogen) atoms. The summed E-state index contributed by atoms with van der Waals surface area (Å²) in [5, 5.41) is 0. The maximum Gasteiger partial charge on any atom is 0.0339 e. The van der Waals surface area contributed by atoms with E-state index in [-0.39, 0.29) is 0 Å². The Morgan fingerprint density at radius 2 is 0.282 bits per heavy atom. The highest BCUT2D eigenvalue weighted by molar-refractivity contribution is 5.63. The molecule has 0 aliphatic heterocycles. The molecule has 0 fully saturated rings. The lowest BCUT2D eigenvalue weighted by Gasteiger charge is -2.18. The Hall–Kier alpha value is -10.1. The minimum atomic E-state index is 0.309. The van der Waals surface area contributed by atoms with Crippen molar-refractivity contribution in [3.8, 4) is 22.3 Å². The third-order valence-corrected chi connectivity index (χ3v) is 13.5. The van der Waals surface area contributed by atoms with E-state index in [0.717, 1.165) is 19.3 Å². The van der Waals surface area contributed by atoms with Gasteiger partial charge in [-0.1, -0.05) is 587 Å². The fourth-order valence-corrected chi connectivity index (χ4v) is 9.14. The average molecular weight is 1480 g/mol. The summed E-state index contributed by atoms with van der Waals surface area (Å²) in [5.74, 6) is 0.309. The summed E-state index contributed by atoms with van der Waals surface area (Å²) >= 11 is 0. The monoisotopic (exact) mass is 1480 g/mol. The molecule has 0 aromatic heterocycles. The number of benzene rings is 13. The van der Waals surface area contributed by atoms with Crippen LogP contribution >= 0.6 is 0 Å². The van der Waals surface area contributed by atoms with Gasteiger partial charge in [0, 0.05) is 5.92 Å². The Balaban J connectivity index is -0.000000217. The highest BCUT2D eigenvalue weighted by Gasteiger charge is 2.15. The predicted octanol–water partition coefficient (Wildman–Crippen LogP) is 35.7. The van der Waals surface area contributed by atoms with Crippen LogP contribution in [-0.4, -0.2) is 0 Å². The van der Waals surface area contributed by atoms with Gasteiger partial charge < -0.3 is 0 Å². The molecule has 13 rings (SSSR count). The maximum absolute atomic E-state index is 2.20. The molecule has 0 amide bonds. The van der Waals surface area contributed by atoms with E-state index in [1.165, 1.54) is 72.3 Å². The van der Waals surface area contributed by atoms with Crippen LogP contribution in [0.2, 0.25) is 0 Å². The molecule has 0 aliphatic carbocycles. The normalized spacial score (nSPS) is 8.19. The maximum atomic E-state index is 2.20. The van der Waals surface area contributed by atoms with Crippen LogP contribution in [0, 0.1) is 6.92 Å². The largest absolute Gasteiger partial charge is 0.0683 e. The fraction of sp³-hybridized carbons (Fsp3) is 0.291. The van der Waals surface area contributed by atoms with Crippen molar-refractivity contribution in [2.24, 2.45) is 0 Å². The van der Waals surface area contributed by atoms with Gasteiger partial charge in [0.2, 0.25) is 0 Å². The van der Waals surface area contributed by atoms with E-state index in [1.54, 1.807) is 0 Å². The highest BCUT2D eigenvalue weighted by atomic mass is 14.2. The zero-order valence-electron chi connectivity index (χ0n) is 74.7. The van der Waals surface area contributed by atoms with Crippen LogP contribution in [0.1, 0.15) is 243 Å². The molecule has 0 saturated heterocycles. The minimum Gasteiger partial charge on any atom is -0.0683 e. The van der Waals surface area contributed by atoms with Crippen molar-refractivity contribution >= 4 is 0 Å². The molecule has 0 saturated carbocycles. The zero-order chi connectivity index (χ0) is 84.2. The molecule has 596 valence electrons. The smallest absolute Gasteiger partial charge is 0.0339 e. The molecule has 13 aromatic carbocycles. The van der Waals surface area contributed by atoms with E-state index in [0.29, 0.717) is 5.92 Å². The van der Waals surface area contributed by atoms with Gasteiger partial charge in [0.05, 0.1) is 0 Å². The Kier molecular flexibility index (Phi) is 97.7. The zero-order valence-corrected chi connectivity index (χ0v) is 74.7. The lowest BCUT2D eigenvalue weighted by atomic mass is 9.85. The summed E-state index contributed by atoms with van der Waals surface area (Å²) in [4.78, 5) is 0. The average Bonchev–Trinajstić information content (AvgIpc) is 0.815. The summed E-state index contributed by atoms with van der Waals surface area (Å²) in [6.45, 7) is 56.2. The molecule has 0 unspecified atom stereocenters. The van der Waals surface area contributed by atoms with Gasteiger partial charge in [0.25, 0.3) is 0 Å². The van der Waals surface area contributed by atoms with Gasteiger partial charge in [-0.2, -0.15) is 0 Å². The first-order chi connectivity index (χ1) is 54.6. The van der Waals surface area contributed by atoms with Gasteiger partial charge in [0.1, 0.15) is 0 Å². The second-order valence-electron chi connectivity index (χ2n) is 19.9. The van der Waals surface area contributed by atoms with E-state index in [2.05, 4.69) is 360 Å². The summed E-state index contributed by atoms with van der Waals surface area (Å²) in [5.41, 5.74) is 17.3. The molecule has 0 atom stereocenters. The van der Waals surface area contributed by atoms with E-state index in [9.17, 15) is 0 Å². The van der Waals surface area contributed by atoms with Crippen LogP contribution in [0.5, 0.6) is 0 Å². The summed E-state index contributed by atoms with van der Waals surface area (Å²) in [6.07, 6.45) is 3.20. The van der Waals surface area contributed by atoms with Crippen molar-refractivity contribution in [3.05, 3.63) is 444 Å². The number of aryl methyl sites for hydroxylation is 2. The second kappa shape index (κ2) is 94.9. The van der Waals surface area contributed by atoms with Crippen molar-refractivity contribution in [1.82, 2.24) is 0 Å². The van der Waals surface area contributed by atoms with Gasteiger partial charge in [-0.3, -0.25) is 0 Å². The van der Waals surface area contributed by atoms with Crippen LogP contribution in [-0.2, 0) is 19.3 Å². The summed E-state index contributed by atoms with van der Waals surface area (Å²) in [7, 11) is 0. The Bertz CT molecular complexity index is 3210. The van der Waals surface area contributed by atoms with Crippen LogP contribution in [0.25, 0.3) is 22.3 Å². The third-order valence-electron chi connectivity index (χ3n) is 13.5. The van der Waals surface area contributed by atoms with Gasteiger partial charge in [-0.05, 0) is 92.9 Å².